The first-order chi connectivity index (χ1) is 14.3. The number of hydrogen-bond donors (Lipinski definition) is 1. The number of aryl methyl sites for hydroxylation is 1. The average molecular weight is 393 g/mol. The van der Waals surface area contributed by atoms with Gasteiger partial charge in [-0.25, -0.2) is 9.50 Å². The molecular formula is C22H27N5O2. The molecule has 2 aromatic heterocycles. The molecule has 2 aliphatic rings. The summed E-state index contributed by atoms with van der Waals surface area (Å²) in [5.74, 6) is 2.35. The zero-order chi connectivity index (χ0) is 19.6. The predicted molar refractivity (Wildman–Crippen MR) is 110 cm³/mol. The normalized spacial score (nSPS) is 20.5. The highest BCUT2D eigenvalue weighted by molar-refractivity contribution is 5.43. The van der Waals surface area contributed by atoms with Crippen molar-refractivity contribution in [1.29, 1.82) is 0 Å². The second-order valence-electron chi connectivity index (χ2n) is 8.04. The van der Waals surface area contributed by atoms with E-state index in [-0.39, 0.29) is 11.5 Å². The van der Waals surface area contributed by atoms with Gasteiger partial charge < -0.3 is 10.1 Å². The monoisotopic (exact) mass is 393 g/mol. The maximum absolute atomic E-state index is 13.4. The summed E-state index contributed by atoms with van der Waals surface area (Å²) in [7, 11) is 0. The van der Waals surface area contributed by atoms with Crippen LogP contribution in [0.2, 0.25) is 0 Å². The summed E-state index contributed by atoms with van der Waals surface area (Å²) < 4.78 is 9.21. The van der Waals surface area contributed by atoms with Crippen LogP contribution in [0.3, 0.4) is 0 Å². The lowest BCUT2D eigenvalue weighted by atomic mass is 10.00. The highest BCUT2D eigenvalue weighted by Crippen LogP contribution is 2.27. The lowest BCUT2D eigenvalue weighted by Crippen LogP contribution is -2.31. The minimum absolute atomic E-state index is 0.0173. The van der Waals surface area contributed by atoms with Crippen molar-refractivity contribution in [2.45, 2.75) is 44.1 Å². The molecule has 1 aromatic carbocycles. The number of benzene rings is 1. The predicted octanol–water partition coefficient (Wildman–Crippen LogP) is 2.10. The van der Waals surface area contributed by atoms with Crippen molar-refractivity contribution < 1.29 is 4.74 Å². The second-order valence-corrected chi connectivity index (χ2v) is 8.04. The van der Waals surface area contributed by atoms with Crippen molar-refractivity contribution in [3.05, 3.63) is 64.1 Å². The van der Waals surface area contributed by atoms with E-state index in [1.54, 1.807) is 6.20 Å². The minimum atomic E-state index is 0.0173. The fraction of sp³-hybridized carbons (Fsp3) is 0.500. The Balaban J connectivity index is 1.56. The van der Waals surface area contributed by atoms with Crippen LogP contribution in [-0.2, 0) is 17.7 Å². The quantitative estimate of drug-likeness (QED) is 0.719. The van der Waals surface area contributed by atoms with Crippen LogP contribution in [-0.4, -0.2) is 45.5 Å². The van der Waals surface area contributed by atoms with Crippen LogP contribution in [0, 0.1) is 0 Å². The van der Waals surface area contributed by atoms with Crippen LogP contribution in [0.1, 0.15) is 48.3 Å². The van der Waals surface area contributed by atoms with Crippen molar-refractivity contribution in [2.75, 3.05) is 26.3 Å². The molecule has 2 saturated heterocycles. The van der Waals surface area contributed by atoms with Gasteiger partial charge in [-0.05, 0) is 37.8 Å². The maximum Gasteiger partial charge on any atom is 0.279 e. The molecule has 1 N–H and O–H groups in total. The van der Waals surface area contributed by atoms with Gasteiger partial charge in [0.2, 0.25) is 0 Å². The number of fused-ring (bicyclic) bond motifs is 1. The third kappa shape index (κ3) is 3.60. The van der Waals surface area contributed by atoms with E-state index in [1.165, 1.54) is 5.56 Å². The van der Waals surface area contributed by atoms with Crippen LogP contribution in [0.4, 0.5) is 0 Å². The van der Waals surface area contributed by atoms with Crippen molar-refractivity contribution in [2.24, 2.45) is 0 Å². The van der Waals surface area contributed by atoms with Gasteiger partial charge in [0.1, 0.15) is 11.6 Å². The highest BCUT2D eigenvalue weighted by atomic mass is 16.5. The smallest absolute Gasteiger partial charge is 0.279 e. The Labute approximate surface area is 169 Å². The average Bonchev–Trinajstić information content (AvgIpc) is 3.44. The molecule has 29 heavy (non-hydrogen) atoms. The van der Waals surface area contributed by atoms with Crippen LogP contribution in [0.15, 0.2) is 41.3 Å². The zero-order valence-electron chi connectivity index (χ0n) is 16.6. The van der Waals surface area contributed by atoms with E-state index < -0.39 is 0 Å². The van der Waals surface area contributed by atoms with Crippen LogP contribution in [0.25, 0.3) is 5.52 Å². The van der Waals surface area contributed by atoms with Crippen LogP contribution < -0.4 is 10.9 Å². The minimum Gasteiger partial charge on any atom is -0.381 e. The summed E-state index contributed by atoms with van der Waals surface area (Å²) >= 11 is 0. The molecule has 2 fully saturated rings. The number of aromatic nitrogens is 4. The molecule has 2 aliphatic heterocycles. The standard InChI is InChI=1S/C22H27N5O2/c28-22-19-15-24-20(17-8-12-29-13-9-17)27(19)25-21(18-6-10-23-14-18)26(22)11-7-16-4-2-1-3-5-16/h1-5,15,17-18,23H,6-14H2. The first kappa shape index (κ1) is 18.5. The Morgan fingerprint density at radius 3 is 2.66 bits per heavy atom. The van der Waals surface area contributed by atoms with Crippen LogP contribution in [0.5, 0.6) is 0 Å². The lowest BCUT2D eigenvalue weighted by Gasteiger charge is -2.22. The second kappa shape index (κ2) is 8.08. The summed E-state index contributed by atoms with van der Waals surface area (Å²) in [6, 6.07) is 10.3. The van der Waals surface area contributed by atoms with Crippen molar-refractivity contribution in [1.82, 2.24) is 24.5 Å². The molecule has 4 heterocycles. The Morgan fingerprint density at radius 2 is 1.90 bits per heavy atom. The molecule has 0 radical (unpaired) electrons. The topological polar surface area (TPSA) is 73.4 Å². The molecule has 0 spiro atoms. The van der Waals surface area contributed by atoms with Gasteiger partial charge >= 0.3 is 0 Å². The van der Waals surface area contributed by atoms with E-state index in [1.807, 2.05) is 27.3 Å². The summed E-state index contributed by atoms with van der Waals surface area (Å²) in [5.41, 5.74) is 1.82. The number of rotatable bonds is 5. The molecule has 0 bridgehead atoms. The molecule has 1 unspecified atom stereocenters. The van der Waals surface area contributed by atoms with Gasteiger partial charge in [0.15, 0.2) is 5.52 Å². The fourth-order valence-electron chi connectivity index (χ4n) is 4.52. The molecule has 1 atom stereocenters. The van der Waals surface area contributed by atoms with Crippen molar-refractivity contribution in [3.8, 4) is 0 Å². The fourth-order valence-corrected chi connectivity index (χ4v) is 4.52. The molecule has 152 valence electrons. The summed E-state index contributed by atoms with van der Waals surface area (Å²) in [5, 5.41) is 8.42. The Kier molecular flexibility index (Phi) is 5.16. The largest absolute Gasteiger partial charge is 0.381 e. The molecule has 0 amide bonds. The third-order valence-electron chi connectivity index (χ3n) is 6.19. The molecular weight excluding hydrogens is 366 g/mol. The number of nitrogens with zero attached hydrogens (tertiary/aromatic N) is 4. The third-order valence-corrected chi connectivity index (χ3v) is 6.19. The van der Waals surface area contributed by atoms with E-state index >= 15 is 0 Å². The first-order valence-electron chi connectivity index (χ1n) is 10.6. The molecule has 5 rings (SSSR count). The van der Waals surface area contributed by atoms with Gasteiger partial charge in [0.05, 0.1) is 6.20 Å². The van der Waals surface area contributed by atoms with E-state index in [2.05, 4.69) is 22.4 Å². The maximum atomic E-state index is 13.4. The molecule has 7 heteroatoms. The molecule has 7 nitrogen and oxygen atoms in total. The summed E-state index contributed by atoms with van der Waals surface area (Å²) in [6.45, 7) is 3.95. The number of ether oxygens (including phenoxy) is 1. The Hall–Kier alpha value is -2.51. The Morgan fingerprint density at radius 1 is 1.07 bits per heavy atom. The Bertz CT molecular complexity index is 1030. The molecule has 3 aromatic rings. The van der Waals surface area contributed by atoms with Crippen LogP contribution >= 0.6 is 0 Å². The van der Waals surface area contributed by atoms with E-state index in [4.69, 9.17) is 9.84 Å². The summed E-state index contributed by atoms with van der Waals surface area (Å²) in [6.07, 6.45) is 5.38. The SMILES string of the molecule is O=c1c2cnc(C3CCOCC3)n2nc(C2CCNC2)n1CCc1ccccc1. The number of imidazole rings is 1. The van der Waals surface area contributed by atoms with E-state index in [9.17, 15) is 4.79 Å². The number of hydrogen-bond acceptors (Lipinski definition) is 5. The highest BCUT2D eigenvalue weighted by Gasteiger charge is 2.27. The van der Waals surface area contributed by atoms with Gasteiger partial charge in [-0.15, -0.1) is 0 Å². The van der Waals surface area contributed by atoms with E-state index in [0.717, 1.165) is 63.6 Å². The van der Waals surface area contributed by atoms with E-state index in [0.29, 0.717) is 18.0 Å². The molecule has 0 aliphatic carbocycles. The van der Waals surface area contributed by atoms with Gasteiger partial charge in [0, 0.05) is 38.1 Å². The van der Waals surface area contributed by atoms with Gasteiger partial charge in [-0.1, -0.05) is 30.3 Å². The summed E-state index contributed by atoms with van der Waals surface area (Å²) in [4.78, 5) is 18.1. The van der Waals surface area contributed by atoms with Gasteiger partial charge in [0.25, 0.3) is 5.56 Å². The number of nitrogens with one attached hydrogen (secondary N) is 1. The lowest BCUT2D eigenvalue weighted by molar-refractivity contribution is 0.0832. The molecule has 0 saturated carbocycles. The zero-order valence-corrected chi connectivity index (χ0v) is 16.6. The van der Waals surface area contributed by atoms with Crippen molar-refractivity contribution in [3.63, 3.8) is 0 Å². The van der Waals surface area contributed by atoms with Crippen molar-refractivity contribution >= 4 is 5.52 Å². The van der Waals surface area contributed by atoms with Gasteiger partial charge in [-0.2, -0.15) is 5.10 Å². The first-order valence-corrected chi connectivity index (χ1v) is 10.6. The van der Waals surface area contributed by atoms with Gasteiger partial charge in [-0.3, -0.25) is 9.36 Å².